The third-order valence-electron chi connectivity index (χ3n) is 1.78. The molecule has 0 saturated heterocycles. The second-order valence-electron chi connectivity index (χ2n) is 2.86. The predicted octanol–water partition coefficient (Wildman–Crippen LogP) is 2.15. The molecule has 0 aliphatic heterocycles. The molecule has 14 heavy (non-hydrogen) atoms. The van der Waals surface area contributed by atoms with Gasteiger partial charge in [0.1, 0.15) is 10.8 Å². The van der Waals surface area contributed by atoms with E-state index in [4.69, 9.17) is 10.8 Å². The van der Waals surface area contributed by atoms with Gasteiger partial charge in [-0.05, 0) is 17.9 Å². The first-order valence-electron chi connectivity index (χ1n) is 4.20. The molecule has 0 atom stereocenters. The van der Waals surface area contributed by atoms with E-state index < -0.39 is 5.97 Å². The minimum atomic E-state index is -0.952. The van der Waals surface area contributed by atoms with Crippen LogP contribution in [0.5, 0.6) is 0 Å². The molecule has 1 aromatic rings. The monoisotopic (exact) mass is 212 g/mol. The first kappa shape index (κ1) is 10.7. The zero-order valence-electron chi connectivity index (χ0n) is 8.07. The number of nitrogens with two attached hydrogens (primary N) is 1. The van der Waals surface area contributed by atoms with Gasteiger partial charge in [-0.1, -0.05) is 6.92 Å². The molecule has 0 saturated carbocycles. The molecule has 5 heteroatoms. The molecule has 4 nitrogen and oxygen atoms in total. The lowest BCUT2D eigenvalue weighted by Crippen LogP contribution is -2.09. The fraction of sp³-hybridized carbons (Fsp3) is 0.333. The van der Waals surface area contributed by atoms with Crippen molar-refractivity contribution >= 4 is 28.1 Å². The summed E-state index contributed by atoms with van der Waals surface area (Å²) in [6.07, 6.45) is 0.621. The lowest BCUT2D eigenvalue weighted by atomic mass is 10.2. The van der Waals surface area contributed by atoms with E-state index in [1.54, 1.807) is 12.3 Å². The second kappa shape index (κ2) is 4.23. The highest BCUT2D eigenvalue weighted by Gasteiger charge is 2.15. The standard InChI is InChI=1S/C9H12N2O2S/c1-3-6(10)11-8-7(9(12)13)5(2)4-14-8/h4H,3H2,1-2H3,(H2,10,11)(H,12,13). The van der Waals surface area contributed by atoms with E-state index in [2.05, 4.69) is 4.99 Å². The number of aliphatic imine (C=N–C) groups is 1. The number of carboxylic acids is 1. The number of hydrogen-bond donors (Lipinski definition) is 2. The predicted molar refractivity (Wildman–Crippen MR) is 57.6 cm³/mol. The molecule has 0 aliphatic carbocycles. The highest BCUT2D eigenvalue weighted by molar-refractivity contribution is 7.14. The summed E-state index contributed by atoms with van der Waals surface area (Å²) in [5, 5.41) is 11.2. The third kappa shape index (κ3) is 2.11. The first-order chi connectivity index (χ1) is 6.56. The Bertz CT molecular complexity index is 382. The molecule has 0 unspecified atom stereocenters. The molecule has 0 spiro atoms. The number of carbonyl (C=O) groups is 1. The largest absolute Gasteiger partial charge is 0.478 e. The van der Waals surface area contributed by atoms with Crippen molar-refractivity contribution in [1.29, 1.82) is 0 Å². The summed E-state index contributed by atoms with van der Waals surface area (Å²) >= 11 is 1.30. The van der Waals surface area contributed by atoms with E-state index in [0.29, 0.717) is 17.3 Å². The minimum Gasteiger partial charge on any atom is -0.478 e. The van der Waals surface area contributed by atoms with Crippen molar-refractivity contribution in [3.8, 4) is 0 Å². The van der Waals surface area contributed by atoms with Crippen LogP contribution in [-0.4, -0.2) is 16.9 Å². The van der Waals surface area contributed by atoms with Crippen molar-refractivity contribution < 1.29 is 9.90 Å². The molecule has 1 aromatic heterocycles. The number of aryl methyl sites for hydroxylation is 1. The van der Waals surface area contributed by atoms with Crippen molar-refractivity contribution in [3.05, 3.63) is 16.5 Å². The fourth-order valence-corrected chi connectivity index (χ4v) is 1.92. The highest BCUT2D eigenvalue weighted by Crippen LogP contribution is 2.30. The quantitative estimate of drug-likeness (QED) is 0.595. The number of hydrogen-bond acceptors (Lipinski definition) is 3. The molecule has 0 fully saturated rings. The lowest BCUT2D eigenvalue weighted by molar-refractivity contribution is 0.0697. The van der Waals surface area contributed by atoms with Gasteiger partial charge in [-0.25, -0.2) is 9.79 Å². The first-order valence-corrected chi connectivity index (χ1v) is 5.08. The van der Waals surface area contributed by atoms with Gasteiger partial charge in [0.2, 0.25) is 0 Å². The van der Waals surface area contributed by atoms with Crippen LogP contribution in [0.3, 0.4) is 0 Å². The Morgan fingerprint density at radius 3 is 2.86 bits per heavy atom. The molecule has 3 N–H and O–H groups in total. The summed E-state index contributed by atoms with van der Waals surface area (Å²) in [5.74, 6) is -0.499. The summed E-state index contributed by atoms with van der Waals surface area (Å²) in [4.78, 5) is 14.9. The molecule has 76 valence electrons. The molecule has 1 heterocycles. The van der Waals surface area contributed by atoms with Gasteiger partial charge in [0.15, 0.2) is 0 Å². The van der Waals surface area contributed by atoms with Crippen LogP contribution in [0.15, 0.2) is 10.4 Å². The van der Waals surface area contributed by atoms with Crippen LogP contribution in [-0.2, 0) is 0 Å². The Hall–Kier alpha value is -1.36. The van der Waals surface area contributed by atoms with Crippen LogP contribution in [0.25, 0.3) is 0 Å². The summed E-state index contributed by atoms with van der Waals surface area (Å²) in [6.45, 7) is 3.63. The van der Waals surface area contributed by atoms with Crippen molar-refractivity contribution in [2.45, 2.75) is 20.3 Å². The van der Waals surface area contributed by atoms with E-state index in [1.165, 1.54) is 11.3 Å². The number of carboxylic acid groups (broad SMARTS) is 1. The van der Waals surface area contributed by atoms with Crippen LogP contribution < -0.4 is 5.73 Å². The maximum atomic E-state index is 10.9. The van der Waals surface area contributed by atoms with Crippen molar-refractivity contribution in [1.82, 2.24) is 0 Å². The molecule has 0 amide bonds. The Kier molecular flexibility index (Phi) is 3.24. The summed E-state index contributed by atoms with van der Waals surface area (Å²) in [7, 11) is 0. The number of nitrogens with zero attached hydrogens (tertiary/aromatic N) is 1. The Morgan fingerprint density at radius 1 is 1.71 bits per heavy atom. The second-order valence-corrected chi connectivity index (χ2v) is 3.72. The smallest absolute Gasteiger partial charge is 0.339 e. The van der Waals surface area contributed by atoms with E-state index >= 15 is 0 Å². The molecular formula is C9H12N2O2S. The van der Waals surface area contributed by atoms with Crippen LogP contribution >= 0.6 is 11.3 Å². The van der Waals surface area contributed by atoms with Crippen molar-refractivity contribution in [3.63, 3.8) is 0 Å². The molecule has 0 aliphatic rings. The van der Waals surface area contributed by atoms with Crippen LogP contribution in [0.2, 0.25) is 0 Å². The molecular weight excluding hydrogens is 200 g/mol. The maximum absolute atomic E-state index is 10.9. The van der Waals surface area contributed by atoms with Gasteiger partial charge in [-0.2, -0.15) is 0 Å². The normalized spacial score (nSPS) is 11.7. The Labute approximate surface area is 86.1 Å². The average Bonchev–Trinajstić information content (AvgIpc) is 2.46. The third-order valence-corrected chi connectivity index (χ3v) is 2.77. The Balaban J connectivity index is 3.16. The van der Waals surface area contributed by atoms with Gasteiger partial charge in [0.25, 0.3) is 0 Å². The summed E-state index contributed by atoms with van der Waals surface area (Å²) in [6, 6.07) is 0. The zero-order valence-corrected chi connectivity index (χ0v) is 8.89. The number of rotatable bonds is 3. The van der Waals surface area contributed by atoms with Crippen LogP contribution in [0.4, 0.5) is 5.00 Å². The Morgan fingerprint density at radius 2 is 2.36 bits per heavy atom. The fourth-order valence-electron chi connectivity index (χ4n) is 0.983. The molecule has 1 rings (SSSR count). The van der Waals surface area contributed by atoms with E-state index in [9.17, 15) is 4.79 Å². The number of amidine groups is 1. The molecule has 0 radical (unpaired) electrons. The van der Waals surface area contributed by atoms with Crippen molar-refractivity contribution in [2.24, 2.45) is 10.7 Å². The van der Waals surface area contributed by atoms with Gasteiger partial charge in [-0.15, -0.1) is 11.3 Å². The average molecular weight is 212 g/mol. The van der Waals surface area contributed by atoms with Gasteiger partial charge in [0.05, 0.1) is 5.56 Å². The van der Waals surface area contributed by atoms with Gasteiger partial charge in [-0.3, -0.25) is 0 Å². The molecule has 0 aromatic carbocycles. The van der Waals surface area contributed by atoms with Crippen molar-refractivity contribution in [2.75, 3.05) is 0 Å². The highest BCUT2D eigenvalue weighted by atomic mass is 32.1. The maximum Gasteiger partial charge on any atom is 0.339 e. The van der Waals surface area contributed by atoms with Crippen LogP contribution in [0, 0.1) is 6.92 Å². The zero-order chi connectivity index (χ0) is 10.7. The SMILES string of the molecule is CCC(N)=Nc1scc(C)c1C(=O)O. The van der Waals surface area contributed by atoms with Gasteiger partial charge in [0, 0.05) is 6.42 Å². The molecule has 0 bridgehead atoms. The minimum absolute atomic E-state index is 0.256. The van der Waals surface area contributed by atoms with Gasteiger partial charge >= 0.3 is 5.97 Å². The lowest BCUT2D eigenvalue weighted by Gasteiger charge is -1.96. The summed E-state index contributed by atoms with van der Waals surface area (Å²) in [5.41, 5.74) is 6.53. The topological polar surface area (TPSA) is 75.7 Å². The number of aromatic carboxylic acids is 1. The summed E-state index contributed by atoms with van der Waals surface area (Å²) < 4.78 is 0. The van der Waals surface area contributed by atoms with E-state index in [0.717, 1.165) is 5.56 Å². The van der Waals surface area contributed by atoms with E-state index in [-0.39, 0.29) is 5.56 Å². The van der Waals surface area contributed by atoms with Gasteiger partial charge < -0.3 is 10.8 Å². The van der Waals surface area contributed by atoms with Crippen LogP contribution in [0.1, 0.15) is 29.3 Å². The number of thiophene rings is 1. The van der Waals surface area contributed by atoms with E-state index in [1.807, 2.05) is 6.92 Å².